The summed E-state index contributed by atoms with van der Waals surface area (Å²) < 4.78 is 0. The smallest absolute Gasteiger partial charge is 0.245 e. The van der Waals surface area contributed by atoms with Crippen LogP contribution in [-0.4, -0.2) is 41.1 Å². The minimum atomic E-state index is -0.167. The van der Waals surface area contributed by atoms with Gasteiger partial charge in [-0.25, -0.2) is 0 Å². The molecule has 4 nitrogen and oxygen atoms in total. The number of hydrogen-bond donors (Lipinski definition) is 2. The molecule has 1 aromatic carbocycles. The number of rotatable bonds is 4. The average molecular weight is 274 g/mol. The van der Waals surface area contributed by atoms with Gasteiger partial charge in [0.05, 0.1) is 6.61 Å². The van der Waals surface area contributed by atoms with Crippen molar-refractivity contribution >= 4 is 11.6 Å². The van der Waals surface area contributed by atoms with E-state index < -0.39 is 0 Å². The van der Waals surface area contributed by atoms with Crippen LogP contribution in [0.25, 0.3) is 0 Å². The summed E-state index contributed by atoms with van der Waals surface area (Å²) in [6, 6.07) is 8.24. The minimum absolute atomic E-state index is 0.0436. The first-order valence-corrected chi connectivity index (χ1v) is 7.55. The molecule has 1 aliphatic carbocycles. The summed E-state index contributed by atoms with van der Waals surface area (Å²) in [5.41, 5.74) is 2.28. The number of benzene rings is 1. The van der Waals surface area contributed by atoms with Crippen LogP contribution in [0.3, 0.4) is 0 Å². The molecule has 2 aliphatic rings. The number of nitrogens with one attached hydrogen (secondary N) is 1. The average Bonchev–Trinajstić information content (AvgIpc) is 3.12. The van der Waals surface area contributed by atoms with Crippen molar-refractivity contribution in [3.8, 4) is 0 Å². The Balaban J connectivity index is 1.71. The van der Waals surface area contributed by atoms with E-state index in [2.05, 4.69) is 11.4 Å². The van der Waals surface area contributed by atoms with Gasteiger partial charge in [-0.2, -0.15) is 0 Å². The van der Waals surface area contributed by atoms with E-state index in [1.807, 2.05) is 23.1 Å². The summed E-state index contributed by atoms with van der Waals surface area (Å²) in [6.45, 7) is 0.500. The van der Waals surface area contributed by atoms with E-state index in [1.165, 1.54) is 18.4 Å². The first-order valence-electron chi connectivity index (χ1n) is 7.55. The molecule has 1 fully saturated rings. The molecule has 1 aromatic rings. The van der Waals surface area contributed by atoms with Gasteiger partial charge < -0.3 is 15.3 Å². The third kappa shape index (κ3) is 2.52. The number of aliphatic hydroxyl groups excluding tert-OH is 1. The van der Waals surface area contributed by atoms with Crippen LogP contribution in [0.4, 0.5) is 5.69 Å². The Labute approximate surface area is 119 Å². The molecular weight excluding hydrogens is 252 g/mol. The van der Waals surface area contributed by atoms with Crippen LogP contribution < -0.4 is 5.32 Å². The lowest BCUT2D eigenvalue weighted by Crippen LogP contribution is -2.47. The Morgan fingerprint density at radius 2 is 2.05 bits per heavy atom. The first-order chi connectivity index (χ1) is 9.79. The predicted molar refractivity (Wildman–Crippen MR) is 78.6 cm³/mol. The maximum atomic E-state index is 12.7. The zero-order chi connectivity index (χ0) is 13.9. The van der Waals surface area contributed by atoms with Gasteiger partial charge in [0.15, 0.2) is 0 Å². The van der Waals surface area contributed by atoms with Gasteiger partial charge >= 0.3 is 0 Å². The van der Waals surface area contributed by atoms with Crippen LogP contribution in [0.1, 0.15) is 31.2 Å². The van der Waals surface area contributed by atoms with Gasteiger partial charge in [0, 0.05) is 24.7 Å². The van der Waals surface area contributed by atoms with E-state index in [1.54, 1.807) is 0 Å². The highest BCUT2D eigenvalue weighted by atomic mass is 16.3. The van der Waals surface area contributed by atoms with E-state index in [4.69, 9.17) is 0 Å². The molecule has 4 heteroatoms. The quantitative estimate of drug-likeness (QED) is 0.880. The fourth-order valence-electron chi connectivity index (χ4n) is 3.44. The highest BCUT2D eigenvalue weighted by molar-refractivity contribution is 5.87. The Kier molecular flexibility index (Phi) is 3.92. The second-order valence-corrected chi connectivity index (χ2v) is 5.75. The molecule has 1 unspecified atom stereocenters. The summed E-state index contributed by atoms with van der Waals surface area (Å²) in [7, 11) is 0. The Morgan fingerprint density at radius 1 is 1.30 bits per heavy atom. The maximum absolute atomic E-state index is 12.7. The molecule has 1 amide bonds. The number of nitrogens with zero attached hydrogens (tertiary/aromatic N) is 1. The van der Waals surface area contributed by atoms with E-state index in [0.29, 0.717) is 12.6 Å². The van der Waals surface area contributed by atoms with Crippen molar-refractivity contribution in [1.82, 2.24) is 4.90 Å². The van der Waals surface area contributed by atoms with Crippen LogP contribution in [-0.2, 0) is 11.2 Å². The summed E-state index contributed by atoms with van der Waals surface area (Å²) >= 11 is 0. The first kappa shape index (κ1) is 13.4. The topological polar surface area (TPSA) is 52.6 Å². The summed E-state index contributed by atoms with van der Waals surface area (Å²) in [5.74, 6) is 0.141. The molecule has 1 saturated carbocycles. The van der Waals surface area contributed by atoms with Gasteiger partial charge in [0.2, 0.25) is 5.91 Å². The molecule has 0 bridgehead atoms. The molecule has 0 spiro atoms. The number of para-hydroxylation sites is 1. The molecule has 2 N–H and O–H groups in total. The fourth-order valence-corrected chi connectivity index (χ4v) is 3.44. The van der Waals surface area contributed by atoms with Gasteiger partial charge in [-0.05, 0) is 24.5 Å². The highest BCUT2D eigenvalue weighted by Gasteiger charge is 2.34. The van der Waals surface area contributed by atoms with Crippen molar-refractivity contribution in [3.63, 3.8) is 0 Å². The number of hydrogen-bond acceptors (Lipinski definition) is 3. The number of aliphatic hydroxyl groups is 1. The second-order valence-electron chi connectivity index (χ2n) is 5.75. The number of carbonyl (C=O) groups excluding carboxylic acids is 1. The molecular formula is C16H22N2O2. The molecule has 0 aromatic heterocycles. The number of fused-ring (bicyclic) bond motifs is 1. The van der Waals surface area contributed by atoms with Crippen LogP contribution in [0.2, 0.25) is 0 Å². The maximum Gasteiger partial charge on any atom is 0.245 e. The molecule has 0 radical (unpaired) electrons. The van der Waals surface area contributed by atoms with Gasteiger partial charge in [0.25, 0.3) is 0 Å². The Hall–Kier alpha value is -1.55. The van der Waals surface area contributed by atoms with Crippen molar-refractivity contribution in [2.24, 2.45) is 0 Å². The molecule has 0 saturated heterocycles. The van der Waals surface area contributed by atoms with Gasteiger partial charge in [-0.1, -0.05) is 31.0 Å². The molecule has 1 atom stereocenters. The standard InChI is InChI=1S/C16H22N2O2/c19-10-9-18(13-6-2-3-7-13)16(20)15-11-12-5-1-4-8-14(12)17-15/h1,4-5,8,13,15,17,19H,2-3,6-7,9-11H2. The van der Waals surface area contributed by atoms with Crippen molar-refractivity contribution in [2.45, 2.75) is 44.2 Å². The van der Waals surface area contributed by atoms with E-state index in [9.17, 15) is 9.90 Å². The molecule has 108 valence electrons. The van der Waals surface area contributed by atoms with E-state index in [0.717, 1.165) is 24.9 Å². The Morgan fingerprint density at radius 3 is 2.75 bits per heavy atom. The monoisotopic (exact) mass is 274 g/mol. The van der Waals surface area contributed by atoms with Crippen LogP contribution in [0.5, 0.6) is 0 Å². The normalized spacial score (nSPS) is 21.6. The zero-order valence-corrected chi connectivity index (χ0v) is 11.7. The minimum Gasteiger partial charge on any atom is -0.395 e. The van der Waals surface area contributed by atoms with Crippen LogP contribution in [0, 0.1) is 0 Å². The van der Waals surface area contributed by atoms with Crippen LogP contribution in [0.15, 0.2) is 24.3 Å². The lowest BCUT2D eigenvalue weighted by molar-refractivity contribution is -0.134. The fraction of sp³-hybridized carbons (Fsp3) is 0.562. The molecule has 3 rings (SSSR count). The van der Waals surface area contributed by atoms with Crippen molar-refractivity contribution in [3.05, 3.63) is 29.8 Å². The lowest BCUT2D eigenvalue weighted by Gasteiger charge is -2.30. The lowest BCUT2D eigenvalue weighted by atomic mass is 10.1. The number of carbonyl (C=O) groups is 1. The largest absolute Gasteiger partial charge is 0.395 e. The van der Waals surface area contributed by atoms with Gasteiger partial charge in [-0.15, -0.1) is 0 Å². The number of anilines is 1. The van der Waals surface area contributed by atoms with E-state index >= 15 is 0 Å². The summed E-state index contributed by atoms with van der Waals surface area (Å²) in [4.78, 5) is 14.6. The third-order valence-corrected chi connectivity index (χ3v) is 4.46. The summed E-state index contributed by atoms with van der Waals surface area (Å²) in [6.07, 6.45) is 5.29. The molecule has 1 heterocycles. The van der Waals surface area contributed by atoms with Crippen molar-refractivity contribution in [1.29, 1.82) is 0 Å². The zero-order valence-electron chi connectivity index (χ0n) is 11.7. The van der Waals surface area contributed by atoms with Crippen molar-refractivity contribution in [2.75, 3.05) is 18.5 Å². The van der Waals surface area contributed by atoms with E-state index in [-0.39, 0.29) is 18.6 Å². The summed E-state index contributed by atoms with van der Waals surface area (Å²) in [5, 5.41) is 12.6. The molecule has 20 heavy (non-hydrogen) atoms. The molecule has 1 aliphatic heterocycles. The third-order valence-electron chi connectivity index (χ3n) is 4.46. The SMILES string of the molecule is O=C(C1Cc2ccccc2N1)N(CCO)C1CCCC1. The predicted octanol–water partition coefficient (Wildman–Crippen LogP) is 1.79. The van der Waals surface area contributed by atoms with Gasteiger partial charge in [-0.3, -0.25) is 4.79 Å². The van der Waals surface area contributed by atoms with Gasteiger partial charge in [0.1, 0.15) is 6.04 Å². The second kappa shape index (κ2) is 5.83. The van der Waals surface area contributed by atoms with Crippen molar-refractivity contribution < 1.29 is 9.90 Å². The Bertz CT molecular complexity index is 458. The highest BCUT2D eigenvalue weighted by Crippen LogP contribution is 2.29. The number of amides is 1. The van der Waals surface area contributed by atoms with Crippen LogP contribution >= 0.6 is 0 Å².